The van der Waals surface area contributed by atoms with Crippen molar-refractivity contribution in [2.24, 2.45) is 5.16 Å². The van der Waals surface area contributed by atoms with E-state index in [1.54, 1.807) is 0 Å². The molecule has 60 heavy (non-hydrogen) atoms. The van der Waals surface area contributed by atoms with Crippen LogP contribution in [-0.4, -0.2) is 65.2 Å². The molecule has 0 aliphatic heterocycles. The summed E-state index contributed by atoms with van der Waals surface area (Å²) in [6, 6.07) is 6.49. The minimum Gasteiger partial charge on any atom is -0.481 e. The van der Waals surface area contributed by atoms with Gasteiger partial charge < -0.3 is 15.4 Å². The van der Waals surface area contributed by atoms with Crippen molar-refractivity contribution >= 4 is 48.4 Å². The number of oxime groups is 1. The quantitative estimate of drug-likeness (QED) is 0.0149. The number of hydrogen-bond donors (Lipinski definition) is 3. The molecule has 0 amide bonds. The molecule has 0 saturated carbocycles. The third kappa shape index (κ3) is 34.7. The second-order valence-electron chi connectivity index (χ2n) is 17.6. The monoisotopic (exact) mass is 969 g/mol. The Morgan fingerprint density at radius 2 is 1.02 bits per heavy atom. The Morgan fingerprint density at radius 1 is 0.633 bits per heavy atom. The third-order valence-electron chi connectivity index (χ3n) is 12.1. The molecule has 1 heterocycles. The van der Waals surface area contributed by atoms with Crippen LogP contribution in [0.25, 0.3) is 0 Å². The average Bonchev–Trinajstić information content (AvgIpc) is 3.73. The number of carbonyl (C=O) groups is 2. The number of rotatable bonds is 39. The summed E-state index contributed by atoms with van der Waals surface area (Å²) in [6.45, 7) is 13.8. The molecular formula is C50H96N2O6SiSn. The van der Waals surface area contributed by atoms with Crippen LogP contribution >= 0.6 is 0 Å². The fourth-order valence-corrected chi connectivity index (χ4v) is 27.4. The van der Waals surface area contributed by atoms with Gasteiger partial charge in [-0.3, -0.25) is 9.59 Å². The van der Waals surface area contributed by atoms with Gasteiger partial charge in [0.05, 0.1) is 0 Å². The molecule has 1 rings (SSSR count). The first kappa shape index (κ1) is 60.3. The number of terminal acetylenes is 1. The van der Waals surface area contributed by atoms with Gasteiger partial charge in [-0.15, -0.1) is 17.1 Å². The molecule has 0 aromatic carbocycles. The molecule has 0 aliphatic rings. The molecule has 1 aromatic rings. The molecular weight excluding hydrogens is 871 g/mol. The van der Waals surface area contributed by atoms with Crippen LogP contribution in [0.5, 0.6) is 0 Å². The van der Waals surface area contributed by atoms with Gasteiger partial charge in [-0.05, 0) is 37.4 Å². The van der Waals surface area contributed by atoms with Crippen molar-refractivity contribution in [3.05, 3.63) is 11.8 Å². The Labute approximate surface area is 375 Å². The fourth-order valence-electron chi connectivity index (χ4n) is 8.03. The molecule has 8 nitrogen and oxygen atoms in total. The molecule has 10 heteroatoms. The Morgan fingerprint density at radius 3 is 1.38 bits per heavy atom. The van der Waals surface area contributed by atoms with Crippen LogP contribution < -0.4 is 3.78 Å². The summed E-state index contributed by atoms with van der Waals surface area (Å²) in [6.07, 6.45) is 41.2. The molecule has 0 fully saturated rings. The number of aryl methyl sites for hydroxylation is 1. The van der Waals surface area contributed by atoms with E-state index in [4.69, 9.17) is 26.4 Å². The second-order valence-corrected chi connectivity index (χ2v) is 34.9. The minimum absolute atomic E-state index is 0.299. The number of unbranched alkanes of at least 4 members (excludes halogenated alkanes) is 19. The zero-order valence-electron chi connectivity index (χ0n) is 40.1. The Hall–Kier alpha value is -1.80. The van der Waals surface area contributed by atoms with Crippen LogP contribution in [0.15, 0.2) is 15.7 Å². The maximum Gasteiger partial charge on any atom is 0.303 e. The van der Waals surface area contributed by atoms with E-state index in [1.165, 1.54) is 163 Å². The van der Waals surface area contributed by atoms with Gasteiger partial charge in [0.1, 0.15) is 8.07 Å². The first-order chi connectivity index (χ1) is 29.1. The van der Waals surface area contributed by atoms with Gasteiger partial charge >= 0.3 is 186 Å². The van der Waals surface area contributed by atoms with Crippen molar-refractivity contribution in [1.82, 2.24) is 5.16 Å². The van der Waals surface area contributed by atoms with Gasteiger partial charge in [0, 0.05) is 12.6 Å². The van der Waals surface area contributed by atoms with Gasteiger partial charge in [-0.2, -0.15) is 0 Å². The summed E-state index contributed by atoms with van der Waals surface area (Å²) >= 11 is -2.46. The first-order valence-electron chi connectivity index (χ1n) is 25.1. The van der Waals surface area contributed by atoms with Crippen molar-refractivity contribution < 1.29 is 29.5 Å². The third-order valence-corrected chi connectivity index (χ3v) is 31.5. The standard InChI is InChI=1S/C14H28Si.C13H20NO3.C11H21NO3.3C4H9.Sn/c1-5-9-12-15(8-4,13-10-6-2)14-11-7-3;15-13(16)9-7-5-3-1-2-4-6-8-12-10-11-17-14-12;13-11(14)9-7-5-3-1-2-4-6-8-10-12-15;3*1-3-4-2;/h4H,5-7,9-14H2,1-3H3;10H,1-9H2,(H,15,16);10,15H,1-9H2,(H,13,14);3*1,3-4H2,2H3;/b;;12-10+;;;;. The van der Waals surface area contributed by atoms with Gasteiger partial charge in [0.15, 0.2) is 0 Å². The van der Waals surface area contributed by atoms with E-state index in [0.717, 1.165) is 64.2 Å². The zero-order chi connectivity index (χ0) is 45.0. The number of aromatic nitrogens is 1. The van der Waals surface area contributed by atoms with E-state index in [9.17, 15) is 9.59 Å². The average molecular weight is 968 g/mol. The zero-order valence-corrected chi connectivity index (χ0v) is 44.0. The molecule has 0 bridgehead atoms. The van der Waals surface area contributed by atoms with Crippen molar-refractivity contribution in [2.75, 3.05) is 0 Å². The van der Waals surface area contributed by atoms with Crippen molar-refractivity contribution in [3.63, 3.8) is 0 Å². The molecule has 0 saturated heterocycles. The van der Waals surface area contributed by atoms with Crippen molar-refractivity contribution in [2.45, 2.75) is 266 Å². The SMILES string of the molecule is C#C[Si](CCCC)(CCCC)CCCC.CCC[CH2][Sn]([CH2]CCC)([CH2]CCC)[c]1cc(CCCCCCCCCC(=O)O)no1.O=C(O)CCCCCCCCC/C=N/O. The van der Waals surface area contributed by atoms with Gasteiger partial charge in [0.2, 0.25) is 0 Å². The van der Waals surface area contributed by atoms with E-state index in [0.29, 0.717) is 12.8 Å². The summed E-state index contributed by atoms with van der Waals surface area (Å²) in [5.74, 6) is -1.37. The maximum atomic E-state index is 10.5. The predicted molar refractivity (Wildman–Crippen MR) is 263 cm³/mol. The number of nitrogens with zero attached hydrogens (tertiary/aromatic N) is 2. The smallest absolute Gasteiger partial charge is 0.303 e. The van der Waals surface area contributed by atoms with Crippen LogP contribution in [0.3, 0.4) is 0 Å². The van der Waals surface area contributed by atoms with E-state index in [1.807, 2.05) is 0 Å². The molecule has 1 aromatic heterocycles. The Bertz CT molecular complexity index is 1140. The van der Waals surface area contributed by atoms with E-state index in [2.05, 4.69) is 63.5 Å². The van der Waals surface area contributed by atoms with Crippen LogP contribution in [0.2, 0.25) is 31.4 Å². The molecule has 0 aliphatic carbocycles. The summed E-state index contributed by atoms with van der Waals surface area (Å²) in [5, 5.41) is 32.6. The second kappa shape index (κ2) is 43.8. The maximum absolute atomic E-state index is 10.5. The number of carboxylic acid groups (broad SMARTS) is 2. The summed E-state index contributed by atoms with van der Waals surface area (Å²) in [7, 11) is -1.30. The largest absolute Gasteiger partial charge is 0.481 e. The van der Waals surface area contributed by atoms with E-state index < -0.39 is 38.4 Å². The fraction of sp³-hybridized carbons (Fsp3) is 0.840. The van der Waals surface area contributed by atoms with Crippen LogP contribution in [-0.2, 0) is 16.0 Å². The van der Waals surface area contributed by atoms with Gasteiger partial charge in [-0.25, -0.2) is 0 Å². The Balaban J connectivity index is 0. The molecule has 0 atom stereocenters. The summed E-state index contributed by atoms with van der Waals surface area (Å²) < 4.78 is 11.7. The van der Waals surface area contributed by atoms with Gasteiger partial charge in [-0.1, -0.05) is 91.4 Å². The first-order valence-corrected chi connectivity index (χ1v) is 35.2. The number of hydrogen-bond acceptors (Lipinski definition) is 6. The van der Waals surface area contributed by atoms with E-state index >= 15 is 0 Å². The molecule has 0 radical (unpaired) electrons. The predicted octanol–water partition coefficient (Wildman–Crippen LogP) is 15.5. The molecule has 3 N–H and O–H groups in total. The van der Waals surface area contributed by atoms with Crippen LogP contribution in [0.4, 0.5) is 0 Å². The van der Waals surface area contributed by atoms with Crippen LogP contribution in [0.1, 0.15) is 233 Å². The summed E-state index contributed by atoms with van der Waals surface area (Å²) in [5.41, 5.74) is 4.44. The van der Waals surface area contributed by atoms with Crippen molar-refractivity contribution in [3.8, 4) is 12.0 Å². The Kier molecular flexibility index (Phi) is 44.0. The summed E-state index contributed by atoms with van der Waals surface area (Å²) in [4.78, 5) is 20.7. The minimum atomic E-state index is -2.46. The topological polar surface area (TPSA) is 133 Å². The van der Waals surface area contributed by atoms with Crippen LogP contribution in [0, 0.1) is 12.0 Å². The number of carboxylic acids is 2. The number of aliphatic carboxylic acids is 2. The van der Waals surface area contributed by atoms with Crippen molar-refractivity contribution in [1.29, 1.82) is 0 Å². The van der Waals surface area contributed by atoms with Gasteiger partial charge in [0.25, 0.3) is 0 Å². The molecule has 0 spiro atoms. The molecule has 350 valence electrons. The van der Waals surface area contributed by atoms with E-state index in [-0.39, 0.29) is 0 Å². The normalized spacial score (nSPS) is 11.5. The molecule has 0 unspecified atom stereocenters.